The molecule has 0 aromatic heterocycles. The summed E-state index contributed by atoms with van der Waals surface area (Å²) in [7, 11) is -3.73. The van der Waals surface area contributed by atoms with Crippen molar-refractivity contribution >= 4 is 27.8 Å². The Labute approximate surface area is 173 Å². The largest absolute Gasteiger partial charge is 0.494 e. The Kier molecular flexibility index (Phi) is 9.51. The highest BCUT2D eigenvalue weighted by atomic mass is 35.5. The van der Waals surface area contributed by atoms with Gasteiger partial charge in [-0.05, 0) is 36.8 Å². The minimum Gasteiger partial charge on any atom is -0.494 e. The van der Waals surface area contributed by atoms with Gasteiger partial charge in [-0.2, -0.15) is 12.8 Å². The first-order valence-corrected chi connectivity index (χ1v) is 11.6. The molecule has 0 spiro atoms. The van der Waals surface area contributed by atoms with Crippen LogP contribution in [0.2, 0.25) is 5.02 Å². The highest BCUT2D eigenvalue weighted by Gasteiger charge is 2.11. The molecular formula is C22H28ClNO3S. The average Bonchev–Trinajstić information content (AvgIpc) is 2.70. The normalized spacial score (nSPS) is 11.8. The molecule has 0 aliphatic rings. The van der Waals surface area contributed by atoms with E-state index >= 15 is 0 Å². The lowest BCUT2D eigenvalue weighted by Crippen LogP contribution is -1.99. The van der Waals surface area contributed by atoms with Crippen LogP contribution >= 0.6 is 11.6 Å². The molecule has 0 radical (unpaired) electrons. The molecule has 0 atom stereocenters. The van der Waals surface area contributed by atoms with Crippen molar-refractivity contribution in [3.8, 4) is 5.75 Å². The summed E-state index contributed by atoms with van der Waals surface area (Å²) in [6, 6.07) is 13.3. The van der Waals surface area contributed by atoms with E-state index in [2.05, 4.69) is 11.3 Å². The smallest absolute Gasteiger partial charge is 0.282 e. The van der Waals surface area contributed by atoms with Crippen LogP contribution in [-0.4, -0.2) is 21.2 Å². The molecule has 28 heavy (non-hydrogen) atoms. The predicted octanol–water partition coefficient (Wildman–Crippen LogP) is 6.28. The van der Waals surface area contributed by atoms with Crippen LogP contribution in [0.1, 0.15) is 57.4 Å². The maximum absolute atomic E-state index is 12.2. The fourth-order valence-electron chi connectivity index (χ4n) is 2.73. The van der Waals surface area contributed by atoms with Crippen molar-refractivity contribution in [1.82, 2.24) is 0 Å². The minimum absolute atomic E-state index is 0.150. The maximum Gasteiger partial charge on any atom is 0.282 e. The van der Waals surface area contributed by atoms with Gasteiger partial charge in [0.05, 0.1) is 16.5 Å². The minimum atomic E-state index is -3.73. The number of nitrogens with zero attached hydrogens (tertiary/aromatic N) is 1. The summed E-state index contributed by atoms with van der Waals surface area (Å²) in [5, 5.41) is 0.407. The Hall–Kier alpha value is -1.85. The molecule has 0 unspecified atom stereocenters. The summed E-state index contributed by atoms with van der Waals surface area (Å²) in [5.41, 5.74) is 0.532. The molecular weight excluding hydrogens is 394 g/mol. The molecule has 0 saturated heterocycles. The molecule has 0 N–H and O–H groups in total. The number of hydrogen-bond acceptors (Lipinski definition) is 3. The van der Waals surface area contributed by atoms with Gasteiger partial charge in [0.2, 0.25) is 0 Å². The SMILES string of the molecule is CCCCCCCCCOc1ccc(/C=N\S(=O)(=O)c2ccccc2)c(Cl)c1. The lowest BCUT2D eigenvalue weighted by molar-refractivity contribution is 0.304. The van der Waals surface area contributed by atoms with Gasteiger partial charge in [0.1, 0.15) is 5.75 Å². The second kappa shape index (κ2) is 11.9. The Bertz CT molecular complexity index is 851. The maximum atomic E-state index is 12.2. The van der Waals surface area contributed by atoms with Crippen molar-refractivity contribution in [3.05, 3.63) is 59.1 Å². The third-order valence-electron chi connectivity index (χ3n) is 4.36. The number of benzene rings is 2. The van der Waals surface area contributed by atoms with E-state index in [9.17, 15) is 8.42 Å². The van der Waals surface area contributed by atoms with Crippen LogP contribution in [0.3, 0.4) is 0 Å². The lowest BCUT2D eigenvalue weighted by Gasteiger charge is -2.08. The van der Waals surface area contributed by atoms with Gasteiger partial charge < -0.3 is 4.74 Å². The second-order valence-corrected chi connectivity index (χ2v) is 8.72. The van der Waals surface area contributed by atoms with E-state index in [1.165, 1.54) is 56.9 Å². The van der Waals surface area contributed by atoms with Gasteiger partial charge >= 0.3 is 0 Å². The summed E-state index contributed by atoms with van der Waals surface area (Å²) in [6.07, 6.45) is 9.89. The number of halogens is 1. The summed E-state index contributed by atoms with van der Waals surface area (Å²) in [5.74, 6) is 0.680. The van der Waals surface area contributed by atoms with Gasteiger partial charge in [0.15, 0.2) is 0 Å². The molecule has 0 aliphatic carbocycles. The Morgan fingerprint density at radius 1 is 0.964 bits per heavy atom. The fraction of sp³-hybridized carbons (Fsp3) is 0.409. The van der Waals surface area contributed by atoms with Gasteiger partial charge in [-0.25, -0.2) is 0 Å². The number of rotatable bonds is 12. The summed E-state index contributed by atoms with van der Waals surface area (Å²) in [6.45, 7) is 2.87. The molecule has 0 bridgehead atoms. The molecule has 2 aromatic carbocycles. The highest BCUT2D eigenvalue weighted by Crippen LogP contribution is 2.22. The summed E-state index contributed by atoms with van der Waals surface area (Å²) < 4.78 is 33.9. The van der Waals surface area contributed by atoms with E-state index in [4.69, 9.17) is 16.3 Å². The molecule has 6 heteroatoms. The summed E-state index contributed by atoms with van der Waals surface area (Å²) >= 11 is 6.25. The second-order valence-electron chi connectivity index (χ2n) is 6.68. The van der Waals surface area contributed by atoms with Gasteiger partial charge in [0.25, 0.3) is 10.0 Å². The molecule has 0 saturated carbocycles. The van der Waals surface area contributed by atoms with Crippen LogP contribution in [0.15, 0.2) is 57.8 Å². The monoisotopic (exact) mass is 421 g/mol. The average molecular weight is 422 g/mol. The van der Waals surface area contributed by atoms with Crippen LogP contribution in [0.4, 0.5) is 0 Å². The van der Waals surface area contributed by atoms with Crippen molar-refractivity contribution in [2.75, 3.05) is 6.61 Å². The lowest BCUT2D eigenvalue weighted by atomic mass is 10.1. The van der Waals surface area contributed by atoms with Gasteiger partial charge in [0, 0.05) is 11.8 Å². The van der Waals surface area contributed by atoms with Crippen molar-refractivity contribution < 1.29 is 13.2 Å². The van der Waals surface area contributed by atoms with E-state index in [0.717, 1.165) is 6.42 Å². The fourth-order valence-corrected chi connectivity index (χ4v) is 3.83. The molecule has 2 aromatic rings. The van der Waals surface area contributed by atoms with E-state index in [-0.39, 0.29) is 4.90 Å². The Morgan fingerprint density at radius 3 is 2.32 bits per heavy atom. The number of sulfonamides is 1. The molecule has 4 nitrogen and oxygen atoms in total. The third kappa shape index (κ3) is 7.64. The molecule has 0 heterocycles. The van der Waals surface area contributed by atoms with Crippen LogP contribution in [0.25, 0.3) is 0 Å². The van der Waals surface area contributed by atoms with Crippen LogP contribution < -0.4 is 4.74 Å². The predicted molar refractivity (Wildman–Crippen MR) is 116 cm³/mol. The first-order valence-electron chi connectivity index (χ1n) is 9.80. The molecule has 0 amide bonds. The highest BCUT2D eigenvalue weighted by molar-refractivity contribution is 7.90. The van der Waals surface area contributed by atoms with Crippen LogP contribution in [0, 0.1) is 0 Å². The van der Waals surface area contributed by atoms with E-state index in [0.29, 0.717) is 22.9 Å². The van der Waals surface area contributed by atoms with Crippen molar-refractivity contribution in [1.29, 1.82) is 0 Å². The standard InChI is InChI=1S/C22H28ClNO3S/c1-2-3-4-5-6-7-11-16-27-20-15-14-19(22(23)17-20)18-24-28(25,26)21-12-9-8-10-13-21/h8-10,12-15,17-18H,2-7,11,16H2,1H3/b24-18-. The number of unbranched alkanes of at least 4 members (excludes halogenated alkanes) is 6. The molecule has 152 valence electrons. The molecule has 0 aliphatic heterocycles. The zero-order valence-corrected chi connectivity index (χ0v) is 17.9. The van der Waals surface area contributed by atoms with Crippen molar-refractivity contribution in [2.24, 2.45) is 4.40 Å². The van der Waals surface area contributed by atoms with Gasteiger partial charge in [-0.1, -0.05) is 75.2 Å². The van der Waals surface area contributed by atoms with E-state index in [1.807, 2.05) is 0 Å². The Morgan fingerprint density at radius 2 is 1.64 bits per heavy atom. The van der Waals surface area contributed by atoms with Gasteiger partial charge in [-0.15, -0.1) is 0 Å². The Balaban J connectivity index is 1.83. The van der Waals surface area contributed by atoms with Gasteiger partial charge in [-0.3, -0.25) is 0 Å². The van der Waals surface area contributed by atoms with Crippen molar-refractivity contribution in [2.45, 2.75) is 56.8 Å². The number of hydrogen-bond donors (Lipinski definition) is 0. The van der Waals surface area contributed by atoms with E-state index < -0.39 is 10.0 Å². The molecule has 0 fully saturated rings. The van der Waals surface area contributed by atoms with Crippen LogP contribution in [-0.2, 0) is 10.0 Å². The third-order valence-corrected chi connectivity index (χ3v) is 5.94. The molecule has 2 rings (SSSR count). The quantitative estimate of drug-likeness (QED) is 0.299. The van der Waals surface area contributed by atoms with Crippen LogP contribution in [0.5, 0.6) is 5.75 Å². The first-order chi connectivity index (χ1) is 13.5. The summed E-state index contributed by atoms with van der Waals surface area (Å²) in [4.78, 5) is 0.150. The number of ether oxygens (including phenoxy) is 1. The first kappa shape index (κ1) is 22.4. The zero-order chi connectivity index (χ0) is 20.2. The zero-order valence-electron chi connectivity index (χ0n) is 16.3. The topological polar surface area (TPSA) is 55.7 Å². The van der Waals surface area contributed by atoms with Crippen molar-refractivity contribution in [3.63, 3.8) is 0 Å². The van der Waals surface area contributed by atoms with E-state index in [1.54, 1.807) is 36.4 Å².